The van der Waals surface area contributed by atoms with Crippen LogP contribution in [0.15, 0.2) is 71.5 Å². The van der Waals surface area contributed by atoms with Crippen LogP contribution in [0, 0.1) is 0 Å². The van der Waals surface area contributed by atoms with Gasteiger partial charge in [0, 0.05) is 12.7 Å². The largest absolute Gasteiger partial charge is 0.322 e. The van der Waals surface area contributed by atoms with Crippen LogP contribution >= 0.6 is 0 Å². The maximum absolute atomic E-state index is 13.8. The van der Waals surface area contributed by atoms with Gasteiger partial charge in [0.05, 0.1) is 22.6 Å². The van der Waals surface area contributed by atoms with E-state index in [0.717, 1.165) is 34.5 Å². The third-order valence-electron chi connectivity index (χ3n) is 7.29. The van der Waals surface area contributed by atoms with Gasteiger partial charge in [0.25, 0.3) is 5.56 Å². The molecule has 1 unspecified atom stereocenters. The summed E-state index contributed by atoms with van der Waals surface area (Å²) < 4.78 is 1.68. The van der Waals surface area contributed by atoms with E-state index in [1.54, 1.807) is 22.6 Å². The van der Waals surface area contributed by atoms with Gasteiger partial charge in [-0.05, 0) is 60.1 Å². The molecule has 0 radical (unpaired) electrons. The SMILES string of the molecule is CCc1ccccc1-n1c(C(C)N(C)C(=O)Nc2c(C(C)C)cccc2C(C)C)nc2ccccc2c1=O. The molecule has 0 aliphatic heterocycles. The number of aryl methyl sites for hydroxylation is 1. The number of para-hydroxylation sites is 3. The molecule has 4 rings (SSSR count). The van der Waals surface area contributed by atoms with Gasteiger partial charge in [0.15, 0.2) is 0 Å². The average Bonchev–Trinajstić information content (AvgIpc) is 2.92. The molecule has 1 aromatic heterocycles. The third-order valence-corrected chi connectivity index (χ3v) is 7.29. The van der Waals surface area contributed by atoms with Crippen LogP contribution in [0.5, 0.6) is 0 Å². The topological polar surface area (TPSA) is 67.2 Å². The van der Waals surface area contributed by atoms with Crippen molar-refractivity contribution in [1.82, 2.24) is 14.5 Å². The van der Waals surface area contributed by atoms with E-state index in [9.17, 15) is 9.59 Å². The van der Waals surface area contributed by atoms with Gasteiger partial charge in [0.1, 0.15) is 5.82 Å². The van der Waals surface area contributed by atoms with Crippen molar-refractivity contribution in [3.8, 4) is 5.69 Å². The quantitative estimate of drug-likeness (QED) is 0.281. The lowest BCUT2D eigenvalue weighted by Gasteiger charge is -2.29. The standard InChI is InChI=1S/C32H38N4O2/c1-8-23-14-9-12-19-28(23)36-30(33-27-18-11-10-15-26(27)31(36)37)22(6)35(7)32(38)34-29-24(20(2)3)16-13-17-25(29)21(4)5/h9-22H,8H2,1-7H3,(H,34,38). The molecule has 2 amide bonds. The number of hydrogen-bond donors (Lipinski definition) is 1. The van der Waals surface area contributed by atoms with Crippen molar-refractivity contribution < 1.29 is 4.79 Å². The Kier molecular flexibility index (Phi) is 8.00. The molecule has 0 bridgehead atoms. The van der Waals surface area contributed by atoms with Gasteiger partial charge in [-0.1, -0.05) is 83.1 Å². The van der Waals surface area contributed by atoms with E-state index >= 15 is 0 Å². The Labute approximate surface area is 225 Å². The van der Waals surface area contributed by atoms with Crippen LogP contribution in [-0.4, -0.2) is 27.5 Å². The second-order valence-electron chi connectivity index (χ2n) is 10.4. The lowest BCUT2D eigenvalue weighted by atomic mass is 9.93. The molecule has 6 heteroatoms. The molecule has 198 valence electrons. The Morgan fingerprint density at radius 3 is 2.13 bits per heavy atom. The number of amides is 2. The van der Waals surface area contributed by atoms with Gasteiger partial charge in [-0.25, -0.2) is 9.78 Å². The van der Waals surface area contributed by atoms with E-state index in [2.05, 4.69) is 58.1 Å². The summed E-state index contributed by atoms with van der Waals surface area (Å²) in [5.41, 5.74) is 5.37. The van der Waals surface area contributed by atoms with Crippen molar-refractivity contribution >= 4 is 22.6 Å². The fourth-order valence-corrected chi connectivity index (χ4v) is 4.93. The van der Waals surface area contributed by atoms with Crippen molar-refractivity contribution in [2.45, 2.75) is 65.8 Å². The molecular formula is C32H38N4O2. The first-order chi connectivity index (χ1) is 18.1. The van der Waals surface area contributed by atoms with Gasteiger partial charge in [-0.3, -0.25) is 9.36 Å². The Bertz CT molecular complexity index is 1490. The number of nitrogens with zero attached hydrogens (tertiary/aromatic N) is 3. The summed E-state index contributed by atoms with van der Waals surface area (Å²) in [7, 11) is 1.75. The minimum absolute atomic E-state index is 0.139. The van der Waals surface area contributed by atoms with E-state index in [-0.39, 0.29) is 23.4 Å². The van der Waals surface area contributed by atoms with E-state index in [1.165, 1.54) is 0 Å². The highest BCUT2D eigenvalue weighted by Gasteiger charge is 2.26. The first-order valence-corrected chi connectivity index (χ1v) is 13.4. The van der Waals surface area contributed by atoms with E-state index in [0.29, 0.717) is 16.7 Å². The molecule has 1 atom stereocenters. The van der Waals surface area contributed by atoms with Crippen LogP contribution in [0.4, 0.5) is 10.5 Å². The summed E-state index contributed by atoms with van der Waals surface area (Å²) in [6, 6.07) is 20.7. The van der Waals surface area contributed by atoms with Crippen molar-refractivity contribution in [1.29, 1.82) is 0 Å². The normalized spacial score (nSPS) is 12.2. The van der Waals surface area contributed by atoms with Crippen molar-refractivity contribution in [3.63, 3.8) is 0 Å². The van der Waals surface area contributed by atoms with Gasteiger partial charge < -0.3 is 10.2 Å². The van der Waals surface area contributed by atoms with Gasteiger partial charge in [-0.15, -0.1) is 0 Å². The minimum Gasteiger partial charge on any atom is -0.318 e. The molecule has 0 spiro atoms. The second-order valence-corrected chi connectivity index (χ2v) is 10.4. The van der Waals surface area contributed by atoms with Gasteiger partial charge >= 0.3 is 6.03 Å². The van der Waals surface area contributed by atoms with E-state index in [1.807, 2.05) is 49.4 Å². The lowest BCUT2D eigenvalue weighted by molar-refractivity contribution is 0.205. The highest BCUT2D eigenvalue weighted by atomic mass is 16.2. The maximum Gasteiger partial charge on any atom is 0.322 e. The number of carbonyl (C=O) groups is 1. The zero-order chi connectivity index (χ0) is 27.6. The number of rotatable bonds is 7. The summed E-state index contributed by atoms with van der Waals surface area (Å²) in [6.07, 6.45) is 0.767. The fourth-order valence-electron chi connectivity index (χ4n) is 4.93. The van der Waals surface area contributed by atoms with Crippen LogP contribution in [-0.2, 0) is 6.42 Å². The number of carbonyl (C=O) groups excluding carboxylic acids is 1. The Balaban J connectivity index is 1.81. The number of hydrogen-bond acceptors (Lipinski definition) is 3. The first-order valence-electron chi connectivity index (χ1n) is 13.4. The number of nitrogens with one attached hydrogen (secondary N) is 1. The Morgan fingerprint density at radius 1 is 0.895 bits per heavy atom. The zero-order valence-electron chi connectivity index (χ0n) is 23.4. The van der Waals surface area contributed by atoms with Crippen LogP contribution in [0.25, 0.3) is 16.6 Å². The monoisotopic (exact) mass is 510 g/mol. The molecule has 0 saturated heterocycles. The number of fused-ring (bicyclic) bond motifs is 1. The van der Waals surface area contributed by atoms with E-state index in [4.69, 9.17) is 4.98 Å². The van der Waals surface area contributed by atoms with Crippen LogP contribution in [0.2, 0.25) is 0 Å². The summed E-state index contributed by atoms with van der Waals surface area (Å²) in [5, 5.41) is 3.75. The summed E-state index contributed by atoms with van der Waals surface area (Å²) >= 11 is 0. The molecule has 1 heterocycles. The minimum atomic E-state index is -0.481. The van der Waals surface area contributed by atoms with Crippen molar-refractivity contribution in [2.75, 3.05) is 12.4 Å². The van der Waals surface area contributed by atoms with Crippen LogP contribution in [0.1, 0.15) is 81.9 Å². The van der Waals surface area contributed by atoms with Gasteiger partial charge in [0.2, 0.25) is 0 Å². The molecule has 3 aromatic carbocycles. The molecule has 0 saturated carbocycles. The average molecular weight is 511 g/mol. The van der Waals surface area contributed by atoms with Gasteiger partial charge in [-0.2, -0.15) is 0 Å². The zero-order valence-corrected chi connectivity index (χ0v) is 23.4. The number of urea groups is 1. The molecule has 6 nitrogen and oxygen atoms in total. The number of benzene rings is 3. The summed E-state index contributed by atoms with van der Waals surface area (Å²) in [5.74, 6) is 1.03. The highest BCUT2D eigenvalue weighted by molar-refractivity contribution is 5.91. The third kappa shape index (κ3) is 5.08. The number of anilines is 1. The molecule has 38 heavy (non-hydrogen) atoms. The maximum atomic E-state index is 13.8. The molecule has 4 aromatic rings. The summed E-state index contributed by atoms with van der Waals surface area (Å²) in [6.45, 7) is 12.5. The smallest absolute Gasteiger partial charge is 0.318 e. The van der Waals surface area contributed by atoms with Crippen molar-refractivity contribution in [3.05, 3.63) is 99.6 Å². The predicted molar refractivity (Wildman–Crippen MR) is 157 cm³/mol. The summed E-state index contributed by atoms with van der Waals surface area (Å²) in [4.78, 5) is 34.1. The van der Waals surface area contributed by atoms with Crippen LogP contribution < -0.4 is 10.9 Å². The number of aromatic nitrogens is 2. The second kappa shape index (κ2) is 11.2. The van der Waals surface area contributed by atoms with Crippen LogP contribution in [0.3, 0.4) is 0 Å². The first kappa shape index (κ1) is 27.1. The molecule has 1 N–H and O–H groups in total. The molecule has 0 aliphatic rings. The molecule has 0 aliphatic carbocycles. The predicted octanol–water partition coefficient (Wildman–Crippen LogP) is 7.42. The highest BCUT2D eigenvalue weighted by Crippen LogP contribution is 2.33. The van der Waals surface area contributed by atoms with Crippen molar-refractivity contribution in [2.24, 2.45) is 0 Å². The van der Waals surface area contributed by atoms with E-state index < -0.39 is 6.04 Å². The lowest BCUT2D eigenvalue weighted by Crippen LogP contribution is -2.37. The molecule has 0 fully saturated rings. The Morgan fingerprint density at radius 2 is 1.50 bits per heavy atom. The Hall–Kier alpha value is -3.93. The fraction of sp³-hybridized carbons (Fsp3) is 0.344. The molecular weight excluding hydrogens is 472 g/mol.